The lowest BCUT2D eigenvalue weighted by molar-refractivity contribution is -0.139. The van der Waals surface area contributed by atoms with E-state index in [9.17, 15) is 9.90 Å². The van der Waals surface area contributed by atoms with E-state index in [4.69, 9.17) is 10.8 Å². The van der Waals surface area contributed by atoms with Crippen molar-refractivity contribution in [3.63, 3.8) is 0 Å². The van der Waals surface area contributed by atoms with E-state index in [2.05, 4.69) is 0 Å². The molecule has 82 valence electrons. The van der Waals surface area contributed by atoms with Gasteiger partial charge in [0.05, 0.1) is 0 Å². The summed E-state index contributed by atoms with van der Waals surface area (Å²) in [6.07, 6.45) is 5.34. The van der Waals surface area contributed by atoms with E-state index in [0.29, 0.717) is 0 Å². The lowest BCUT2D eigenvalue weighted by Gasteiger charge is -2.35. The van der Waals surface area contributed by atoms with Crippen molar-refractivity contribution in [3.05, 3.63) is 0 Å². The molecule has 0 aromatic heterocycles. The number of hydrogen-bond acceptors (Lipinski definition) is 3. The van der Waals surface area contributed by atoms with Gasteiger partial charge in [0.2, 0.25) is 0 Å². The van der Waals surface area contributed by atoms with Gasteiger partial charge in [-0.2, -0.15) is 0 Å². The van der Waals surface area contributed by atoms with Crippen LogP contribution in [-0.4, -0.2) is 21.9 Å². The molecular formula is C10H19NO3. The molecule has 0 amide bonds. The largest absolute Gasteiger partial charge is 0.481 e. The van der Waals surface area contributed by atoms with Gasteiger partial charge in [0.15, 0.2) is 0 Å². The third-order valence-electron chi connectivity index (χ3n) is 3.05. The Hall–Kier alpha value is -0.610. The highest BCUT2D eigenvalue weighted by molar-refractivity contribution is 5.66. The van der Waals surface area contributed by atoms with Crippen LogP contribution in [0, 0.1) is 5.92 Å². The molecule has 1 rings (SSSR count). The number of carboxylic acid groups (broad SMARTS) is 1. The third kappa shape index (κ3) is 3.27. The fraction of sp³-hybridized carbons (Fsp3) is 0.900. The van der Waals surface area contributed by atoms with Crippen molar-refractivity contribution in [2.45, 2.75) is 50.7 Å². The van der Waals surface area contributed by atoms with Gasteiger partial charge in [-0.3, -0.25) is 4.79 Å². The van der Waals surface area contributed by atoms with E-state index in [-0.39, 0.29) is 18.8 Å². The molecule has 1 aliphatic rings. The van der Waals surface area contributed by atoms with Crippen molar-refractivity contribution in [1.82, 2.24) is 0 Å². The number of carbonyl (C=O) groups is 1. The predicted molar refractivity (Wildman–Crippen MR) is 52.6 cm³/mol. The van der Waals surface area contributed by atoms with Crippen LogP contribution in [0.1, 0.15) is 44.9 Å². The Balaban J connectivity index is 2.41. The number of carboxylic acids is 1. The van der Waals surface area contributed by atoms with Crippen LogP contribution in [-0.2, 0) is 4.79 Å². The Labute approximate surface area is 84.1 Å². The van der Waals surface area contributed by atoms with Crippen molar-refractivity contribution in [3.8, 4) is 0 Å². The van der Waals surface area contributed by atoms with Crippen molar-refractivity contribution in [1.29, 1.82) is 0 Å². The number of nitrogens with two attached hydrogens (primary N) is 1. The second-order valence-corrected chi connectivity index (χ2v) is 4.22. The van der Waals surface area contributed by atoms with Gasteiger partial charge < -0.3 is 15.9 Å². The maximum atomic E-state index is 10.4. The second-order valence-electron chi connectivity index (χ2n) is 4.22. The maximum Gasteiger partial charge on any atom is 0.303 e. The minimum Gasteiger partial charge on any atom is -0.481 e. The highest BCUT2D eigenvalue weighted by atomic mass is 16.4. The molecule has 1 aliphatic carbocycles. The normalized spacial score (nSPS) is 23.0. The standard InChI is InChI=1S/C10H19NO3/c11-10(14,7-6-9(12)13)8-4-2-1-3-5-8/h8,14H,1-7,11H2,(H,12,13). The Morgan fingerprint density at radius 1 is 1.36 bits per heavy atom. The van der Waals surface area contributed by atoms with E-state index < -0.39 is 11.7 Å². The van der Waals surface area contributed by atoms with Crippen LogP contribution in [0.25, 0.3) is 0 Å². The van der Waals surface area contributed by atoms with E-state index in [1.165, 1.54) is 6.42 Å². The number of rotatable bonds is 4. The van der Waals surface area contributed by atoms with Crippen molar-refractivity contribution in [2.75, 3.05) is 0 Å². The molecule has 0 aromatic rings. The van der Waals surface area contributed by atoms with Gasteiger partial charge in [-0.15, -0.1) is 0 Å². The molecule has 0 bridgehead atoms. The van der Waals surface area contributed by atoms with Crippen LogP contribution >= 0.6 is 0 Å². The molecule has 1 unspecified atom stereocenters. The first-order valence-electron chi connectivity index (χ1n) is 5.25. The minimum atomic E-state index is -1.28. The fourth-order valence-electron chi connectivity index (χ4n) is 2.11. The Morgan fingerprint density at radius 3 is 2.43 bits per heavy atom. The summed E-state index contributed by atoms with van der Waals surface area (Å²) in [5.41, 5.74) is 4.45. The van der Waals surface area contributed by atoms with Crippen LogP contribution in [0.3, 0.4) is 0 Å². The molecule has 4 nitrogen and oxygen atoms in total. The van der Waals surface area contributed by atoms with Gasteiger partial charge in [-0.1, -0.05) is 19.3 Å². The van der Waals surface area contributed by atoms with E-state index in [1.807, 2.05) is 0 Å². The number of aliphatic hydroxyl groups is 1. The van der Waals surface area contributed by atoms with Gasteiger partial charge in [-0.25, -0.2) is 0 Å². The first-order valence-corrected chi connectivity index (χ1v) is 5.25. The van der Waals surface area contributed by atoms with E-state index >= 15 is 0 Å². The smallest absolute Gasteiger partial charge is 0.303 e. The molecule has 1 atom stereocenters. The van der Waals surface area contributed by atoms with Crippen LogP contribution in [0.4, 0.5) is 0 Å². The Morgan fingerprint density at radius 2 is 1.93 bits per heavy atom. The molecule has 1 saturated carbocycles. The predicted octanol–water partition coefficient (Wildman–Crippen LogP) is 1.08. The molecule has 0 spiro atoms. The fourth-order valence-corrected chi connectivity index (χ4v) is 2.11. The number of hydrogen-bond donors (Lipinski definition) is 3. The summed E-state index contributed by atoms with van der Waals surface area (Å²) in [7, 11) is 0. The van der Waals surface area contributed by atoms with Gasteiger partial charge in [0.1, 0.15) is 5.72 Å². The maximum absolute atomic E-state index is 10.4. The van der Waals surface area contributed by atoms with Crippen molar-refractivity contribution < 1.29 is 15.0 Å². The molecule has 0 aliphatic heterocycles. The summed E-state index contributed by atoms with van der Waals surface area (Å²) in [5.74, 6) is -0.819. The average molecular weight is 201 g/mol. The minimum absolute atomic E-state index is 0.0521. The van der Waals surface area contributed by atoms with Crippen LogP contribution in [0.15, 0.2) is 0 Å². The Bertz CT molecular complexity index is 198. The molecule has 4 heteroatoms. The second kappa shape index (κ2) is 4.75. The highest BCUT2D eigenvalue weighted by Gasteiger charge is 2.33. The van der Waals surface area contributed by atoms with E-state index in [1.54, 1.807) is 0 Å². The molecule has 14 heavy (non-hydrogen) atoms. The van der Waals surface area contributed by atoms with E-state index in [0.717, 1.165) is 25.7 Å². The lowest BCUT2D eigenvalue weighted by Crippen LogP contribution is -2.48. The van der Waals surface area contributed by atoms with Gasteiger partial charge in [0.25, 0.3) is 0 Å². The zero-order chi connectivity index (χ0) is 10.6. The third-order valence-corrected chi connectivity index (χ3v) is 3.05. The molecule has 4 N–H and O–H groups in total. The zero-order valence-electron chi connectivity index (χ0n) is 8.41. The summed E-state index contributed by atoms with van der Waals surface area (Å²) in [6.45, 7) is 0. The summed E-state index contributed by atoms with van der Waals surface area (Å²) in [4.78, 5) is 10.4. The molecule has 0 radical (unpaired) electrons. The highest BCUT2D eigenvalue weighted by Crippen LogP contribution is 2.32. The van der Waals surface area contributed by atoms with Crippen LogP contribution < -0.4 is 5.73 Å². The molecular weight excluding hydrogens is 182 g/mol. The topological polar surface area (TPSA) is 83.5 Å². The van der Waals surface area contributed by atoms with Gasteiger partial charge in [-0.05, 0) is 12.8 Å². The monoisotopic (exact) mass is 201 g/mol. The number of aliphatic carboxylic acids is 1. The molecule has 0 saturated heterocycles. The first-order chi connectivity index (χ1) is 6.52. The SMILES string of the molecule is NC(O)(CCC(=O)O)C1CCCCC1. The van der Waals surface area contributed by atoms with Crippen LogP contribution in [0.5, 0.6) is 0 Å². The van der Waals surface area contributed by atoms with Gasteiger partial charge >= 0.3 is 5.97 Å². The first kappa shape index (κ1) is 11.5. The Kier molecular flexibility index (Phi) is 3.89. The van der Waals surface area contributed by atoms with Crippen molar-refractivity contribution >= 4 is 5.97 Å². The van der Waals surface area contributed by atoms with Gasteiger partial charge in [0, 0.05) is 18.8 Å². The van der Waals surface area contributed by atoms with Crippen molar-refractivity contribution in [2.24, 2.45) is 11.7 Å². The quantitative estimate of drug-likeness (QED) is 0.594. The summed E-state index contributed by atoms with van der Waals surface area (Å²) in [6, 6.07) is 0. The summed E-state index contributed by atoms with van der Waals surface area (Å²) >= 11 is 0. The molecule has 1 fully saturated rings. The average Bonchev–Trinajstić information content (AvgIpc) is 2.16. The summed E-state index contributed by atoms with van der Waals surface area (Å²) in [5, 5.41) is 18.4. The molecule has 0 aromatic carbocycles. The summed E-state index contributed by atoms with van der Waals surface area (Å²) < 4.78 is 0. The lowest BCUT2D eigenvalue weighted by atomic mass is 9.80. The molecule has 0 heterocycles. The zero-order valence-corrected chi connectivity index (χ0v) is 8.41. The van der Waals surface area contributed by atoms with Crippen LogP contribution in [0.2, 0.25) is 0 Å².